The standard InChI is InChI=1S/C12H12N4O2/c1-9-7-12(13-8-11(9)16(17)18)15-14-10-5-3-2-4-6-10/h2-8,14H,1H3,(H,13,15). The third-order valence-corrected chi connectivity index (χ3v) is 2.39. The maximum absolute atomic E-state index is 10.6. The number of aryl methyl sites for hydroxylation is 1. The van der Waals surface area contributed by atoms with Crippen molar-refractivity contribution in [3.05, 3.63) is 58.3 Å². The molecule has 18 heavy (non-hydrogen) atoms. The van der Waals surface area contributed by atoms with Crippen LogP contribution in [0.2, 0.25) is 0 Å². The molecular formula is C12H12N4O2. The predicted octanol–water partition coefficient (Wildman–Crippen LogP) is 2.74. The molecular weight excluding hydrogens is 232 g/mol. The summed E-state index contributed by atoms with van der Waals surface area (Å²) in [6.07, 6.45) is 1.24. The van der Waals surface area contributed by atoms with Gasteiger partial charge in [0.1, 0.15) is 12.0 Å². The number of nitrogens with one attached hydrogen (secondary N) is 2. The van der Waals surface area contributed by atoms with E-state index in [0.29, 0.717) is 11.4 Å². The average molecular weight is 244 g/mol. The van der Waals surface area contributed by atoms with Gasteiger partial charge in [0.05, 0.1) is 10.6 Å². The van der Waals surface area contributed by atoms with Crippen molar-refractivity contribution in [3.8, 4) is 0 Å². The molecule has 0 radical (unpaired) electrons. The fraction of sp³-hybridized carbons (Fsp3) is 0.0833. The molecule has 0 amide bonds. The number of hydrogen-bond acceptors (Lipinski definition) is 5. The monoisotopic (exact) mass is 244 g/mol. The Morgan fingerprint density at radius 2 is 1.94 bits per heavy atom. The third-order valence-electron chi connectivity index (χ3n) is 2.39. The predicted molar refractivity (Wildman–Crippen MR) is 69.3 cm³/mol. The molecule has 1 aromatic carbocycles. The molecule has 0 saturated heterocycles. The van der Waals surface area contributed by atoms with Crippen LogP contribution >= 0.6 is 0 Å². The van der Waals surface area contributed by atoms with E-state index in [1.54, 1.807) is 13.0 Å². The zero-order valence-corrected chi connectivity index (χ0v) is 9.75. The van der Waals surface area contributed by atoms with Gasteiger partial charge < -0.3 is 0 Å². The third kappa shape index (κ3) is 2.73. The van der Waals surface area contributed by atoms with Gasteiger partial charge in [-0.2, -0.15) is 0 Å². The molecule has 2 N–H and O–H groups in total. The number of pyridine rings is 1. The molecule has 0 fully saturated rings. The second kappa shape index (κ2) is 5.13. The number of hydrazine groups is 1. The van der Waals surface area contributed by atoms with Crippen molar-refractivity contribution in [2.75, 3.05) is 10.9 Å². The molecule has 6 nitrogen and oxygen atoms in total. The van der Waals surface area contributed by atoms with Gasteiger partial charge in [0.2, 0.25) is 0 Å². The molecule has 0 atom stereocenters. The Balaban J connectivity index is 2.07. The summed E-state index contributed by atoms with van der Waals surface area (Å²) in [6.45, 7) is 1.67. The molecule has 0 unspecified atom stereocenters. The van der Waals surface area contributed by atoms with Gasteiger partial charge in [-0.3, -0.25) is 21.0 Å². The van der Waals surface area contributed by atoms with Crippen LogP contribution in [0.5, 0.6) is 0 Å². The zero-order chi connectivity index (χ0) is 13.0. The summed E-state index contributed by atoms with van der Waals surface area (Å²) in [5.41, 5.74) is 7.30. The van der Waals surface area contributed by atoms with Crippen LogP contribution < -0.4 is 10.9 Å². The lowest BCUT2D eigenvalue weighted by Crippen LogP contribution is -2.10. The molecule has 0 aliphatic rings. The van der Waals surface area contributed by atoms with Gasteiger partial charge in [-0.05, 0) is 25.1 Å². The first-order valence-electron chi connectivity index (χ1n) is 5.35. The molecule has 0 spiro atoms. The number of benzene rings is 1. The van der Waals surface area contributed by atoms with Crippen molar-refractivity contribution in [2.24, 2.45) is 0 Å². The summed E-state index contributed by atoms with van der Waals surface area (Å²) in [6, 6.07) is 11.1. The lowest BCUT2D eigenvalue weighted by molar-refractivity contribution is -0.385. The second-order valence-corrected chi connectivity index (χ2v) is 3.73. The molecule has 0 bridgehead atoms. The fourth-order valence-corrected chi connectivity index (χ4v) is 1.47. The largest absolute Gasteiger partial charge is 0.300 e. The smallest absolute Gasteiger partial charge is 0.290 e. The number of rotatable bonds is 4. The highest BCUT2D eigenvalue weighted by atomic mass is 16.6. The Morgan fingerprint density at radius 3 is 2.56 bits per heavy atom. The van der Waals surface area contributed by atoms with E-state index in [0.717, 1.165) is 5.69 Å². The first kappa shape index (κ1) is 11.8. The maximum atomic E-state index is 10.6. The number of nitro groups is 1. The number of hydrogen-bond donors (Lipinski definition) is 2. The molecule has 2 rings (SSSR count). The lowest BCUT2D eigenvalue weighted by Gasteiger charge is -2.09. The Bertz CT molecular complexity index is 557. The van der Waals surface area contributed by atoms with Crippen LogP contribution in [-0.4, -0.2) is 9.91 Å². The van der Waals surface area contributed by atoms with E-state index >= 15 is 0 Å². The molecule has 2 aromatic rings. The molecule has 1 aromatic heterocycles. The van der Waals surface area contributed by atoms with E-state index in [1.165, 1.54) is 6.20 Å². The molecule has 0 aliphatic carbocycles. The van der Waals surface area contributed by atoms with E-state index in [9.17, 15) is 10.1 Å². The first-order chi connectivity index (χ1) is 8.66. The Kier molecular flexibility index (Phi) is 3.38. The summed E-state index contributed by atoms with van der Waals surface area (Å²) in [7, 11) is 0. The Morgan fingerprint density at radius 1 is 1.22 bits per heavy atom. The van der Waals surface area contributed by atoms with Crippen LogP contribution in [-0.2, 0) is 0 Å². The molecule has 92 valence electrons. The van der Waals surface area contributed by atoms with E-state index in [2.05, 4.69) is 15.8 Å². The SMILES string of the molecule is Cc1cc(NNc2ccccc2)ncc1[N+](=O)[O-]. The van der Waals surface area contributed by atoms with Gasteiger partial charge in [0.25, 0.3) is 5.69 Å². The number of para-hydroxylation sites is 1. The van der Waals surface area contributed by atoms with Crippen molar-refractivity contribution in [1.82, 2.24) is 4.98 Å². The minimum absolute atomic E-state index is 0.0141. The normalized spacial score (nSPS) is 9.83. The minimum Gasteiger partial charge on any atom is -0.300 e. The molecule has 0 aliphatic heterocycles. The van der Waals surface area contributed by atoms with Gasteiger partial charge >= 0.3 is 0 Å². The highest BCUT2D eigenvalue weighted by Crippen LogP contribution is 2.18. The van der Waals surface area contributed by atoms with Crippen molar-refractivity contribution in [3.63, 3.8) is 0 Å². The first-order valence-corrected chi connectivity index (χ1v) is 5.35. The average Bonchev–Trinajstić information content (AvgIpc) is 2.37. The van der Waals surface area contributed by atoms with Gasteiger partial charge in [0.15, 0.2) is 0 Å². The summed E-state index contributed by atoms with van der Waals surface area (Å²) in [5, 5.41) is 10.6. The van der Waals surface area contributed by atoms with Crippen molar-refractivity contribution in [1.29, 1.82) is 0 Å². The Hall–Kier alpha value is -2.63. The van der Waals surface area contributed by atoms with E-state index < -0.39 is 4.92 Å². The summed E-state index contributed by atoms with van der Waals surface area (Å²) < 4.78 is 0. The maximum Gasteiger partial charge on any atom is 0.290 e. The van der Waals surface area contributed by atoms with Gasteiger partial charge in [0, 0.05) is 5.56 Å². The molecule has 6 heteroatoms. The van der Waals surface area contributed by atoms with Crippen molar-refractivity contribution < 1.29 is 4.92 Å². The van der Waals surface area contributed by atoms with E-state index in [-0.39, 0.29) is 5.69 Å². The van der Waals surface area contributed by atoms with Crippen LogP contribution in [0.15, 0.2) is 42.6 Å². The number of aromatic nitrogens is 1. The van der Waals surface area contributed by atoms with Crippen molar-refractivity contribution in [2.45, 2.75) is 6.92 Å². The quantitative estimate of drug-likeness (QED) is 0.638. The topological polar surface area (TPSA) is 80.1 Å². The van der Waals surface area contributed by atoms with Gasteiger partial charge in [-0.15, -0.1) is 0 Å². The molecule has 0 saturated carbocycles. The minimum atomic E-state index is -0.448. The van der Waals surface area contributed by atoms with Crippen molar-refractivity contribution >= 4 is 17.2 Å². The zero-order valence-electron chi connectivity index (χ0n) is 9.75. The van der Waals surface area contributed by atoms with Crippen LogP contribution in [0, 0.1) is 17.0 Å². The number of anilines is 2. The summed E-state index contributed by atoms with van der Waals surface area (Å²) in [4.78, 5) is 14.2. The van der Waals surface area contributed by atoms with Crippen LogP contribution in [0.25, 0.3) is 0 Å². The summed E-state index contributed by atoms with van der Waals surface area (Å²) >= 11 is 0. The Labute approximate surface area is 104 Å². The van der Waals surface area contributed by atoms with E-state index in [4.69, 9.17) is 0 Å². The fourth-order valence-electron chi connectivity index (χ4n) is 1.47. The van der Waals surface area contributed by atoms with Gasteiger partial charge in [-0.25, -0.2) is 4.98 Å². The van der Waals surface area contributed by atoms with Crippen LogP contribution in [0.1, 0.15) is 5.56 Å². The molecule has 1 heterocycles. The van der Waals surface area contributed by atoms with E-state index in [1.807, 2.05) is 30.3 Å². The second-order valence-electron chi connectivity index (χ2n) is 3.73. The highest BCUT2D eigenvalue weighted by molar-refractivity contribution is 5.52. The van der Waals surface area contributed by atoms with Crippen LogP contribution in [0.4, 0.5) is 17.2 Å². The highest BCUT2D eigenvalue weighted by Gasteiger charge is 2.10. The lowest BCUT2D eigenvalue weighted by atomic mass is 10.2. The summed E-state index contributed by atoms with van der Waals surface area (Å²) in [5.74, 6) is 0.530. The van der Waals surface area contributed by atoms with Gasteiger partial charge in [-0.1, -0.05) is 18.2 Å². The number of nitrogens with zero attached hydrogens (tertiary/aromatic N) is 2. The van der Waals surface area contributed by atoms with Crippen LogP contribution in [0.3, 0.4) is 0 Å².